The first-order chi connectivity index (χ1) is 9.97. The van der Waals surface area contributed by atoms with Crippen LogP contribution < -0.4 is 20.9 Å². The number of ether oxygens (including phenoxy) is 1. The van der Waals surface area contributed by atoms with Gasteiger partial charge in [-0.3, -0.25) is 25.2 Å². The predicted molar refractivity (Wildman–Crippen MR) is 71.5 cm³/mol. The molecule has 0 heterocycles. The summed E-state index contributed by atoms with van der Waals surface area (Å²) in [4.78, 5) is 33.2. The maximum atomic E-state index is 12.6. The van der Waals surface area contributed by atoms with Gasteiger partial charge in [0.15, 0.2) is 6.61 Å². The van der Waals surface area contributed by atoms with Gasteiger partial charge in [-0.15, -0.1) is 0 Å². The van der Waals surface area contributed by atoms with Crippen LogP contribution in [0.3, 0.4) is 0 Å². The summed E-state index contributed by atoms with van der Waals surface area (Å²) in [5.74, 6) is -1.31. The van der Waals surface area contributed by atoms with E-state index < -0.39 is 17.6 Å². The maximum Gasteiger partial charge on any atom is 0.276 e. The van der Waals surface area contributed by atoms with E-state index in [2.05, 4.69) is 16.2 Å². The summed E-state index contributed by atoms with van der Waals surface area (Å²) in [5.41, 5.74) is 4.32. The molecule has 0 aromatic heterocycles. The fraction of sp³-hybridized carbons (Fsp3) is 0.308. The van der Waals surface area contributed by atoms with E-state index >= 15 is 0 Å². The zero-order valence-electron chi connectivity index (χ0n) is 11.4. The highest BCUT2D eigenvalue weighted by Gasteiger charge is 2.06. The topological polar surface area (TPSA) is 96.5 Å². The average Bonchev–Trinajstić information content (AvgIpc) is 2.44. The Kier molecular flexibility index (Phi) is 6.66. The molecular weight excluding hydrogens is 281 g/mol. The highest BCUT2D eigenvalue weighted by atomic mass is 19.1. The minimum Gasteiger partial charge on any atom is -0.484 e. The number of benzene rings is 1. The number of hydrogen-bond acceptors (Lipinski definition) is 4. The van der Waals surface area contributed by atoms with E-state index in [0.29, 0.717) is 5.75 Å². The smallest absolute Gasteiger partial charge is 0.276 e. The van der Waals surface area contributed by atoms with E-state index in [1.54, 1.807) is 0 Å². The van der Waals surface area contributed by atoms with Crippen LogP contribution in [0.4, 0.5) is 4.39 Å². The normalized spacial score (nSPS) is 9.62. The van der Waals surface area contributed by atoms with Gasteiger partial charge < -0.3 is 10.1 Å². The van der Waals surface area contributed by atoms with Crippen molar-refractivity contribution < 1.29 is 23.5 Å². The van der Waals surface area contributed by atoms with E-state index in [1.165, 1.54) is 31.2 Å². The number of hydrogen-bond donors (Lipinski definition) is 3. The molecule has 0 saturated heterocycles. The zero-order chi connectivity index (χ0) is 15.7. The van der Waals surface area contributed by atoms with Crippen LogP contribution in [0.1, 0.15) is 13.3 Å². The van der Waals surface area contributed by atoms with Crippen molar-refractivity contribution in [3.63, 3.8) is 0 Å². The SMILES string of the molecule is CC(=O)NCCC(=O)NNC(=O)COc1ccc(F)cc1. The average molecular weight is 297 g/mol. The van der Waals surface area contributed by atoms with Gasteiger partial charge >= 0.3 is 0 Å². The lowest BCUT2D eigenvalue weighted by Crippen LogP contribution is -2.44. The molecule has 0 aliphatic carbocycles. The molecule has 3 amide bonds. The number of rotatable bonds is 6. The van der Waals surface area contributed by atoms with Crippen molar-refractivity contribution in [3.05, 3.63) is 30.1 Å². The monoisotopic (exact) mass is 297 g/mol. The number of halogens is 1. The molecule has 1 rings (SSSR count). The number of amides is 3. The Hall–Kier alpha value is -2.64. The zero-order valence-corrected chi connectivity index (χ0v) is 11.4. The van der Waals surface area contributed by atoms with E-state index in [-0.39, 0.29) is 25.5 Å². The molecule has 0 atom stereocenters. The molecule has 21 heavy (non-hydrogen) atoms. The van der Waals surface area contributed by atoms with Gasteiger partial charge in [0, 0.05) is 19.9 Å². The molecule has 0 unspecified atom stereocenters. The summed E-state index contributed by atoms with van der Waals surface area (Å²) < 4.78 is 17.7. The van der Waals surface area contributed by atoms with Gasteiger partial charge in [-0.25, -0.2) is 4.39 Å². The molecule has 0 spiro atoms. The van der Waals surface area contributed by atoms with Crippen molar-refractivity contribution in [2.75, 3.05) is 13.2 Å². The van der Waals surface area contributed by atoms with Crippen LogP contribution in [0.25, 0.3) is 0 Å². The van der Waals surface area contributed by atoms with E-state index in [9.17, 15) is 18.8 Å². The molecule has 1 aromatic rings. The van der Waals surface area contributed by atoms with Crippen LogP contribution >= 0.6 is 0 Å². The van der Waals surface area contributed by atoms with Gasteiger partial charge in [0.25, 0.3) is 5.91 Å². The van der Waals surface area contributed by atoms with Crippen LogP contribution in [0.15, 0.2) is 24.3 Å². The number of hydrazine groups is 1. The molecular formula is C13H16FN3O4. The van der Waals surface area contributed by atoms with Crippen LogP contribution in [0.2, 0.25) is 0 Å². The van der Waals surface area contributed by atoms with E-state index in [0.717, 1.165) is 0 Å². The lowest BCUT2D eigenvalue weighted by Gasteiger charge is -2.09. The summed E-state index contributed by atoms with van der Waals surface area (Å²) in [6.07, 6.45) is 0.0404. The van der Waals surface area contributed by atoms with Gasteiger partial charge in [-0.05, 0) is 24.3 Å². The van der Waals surface area contributed by atoms with Crippen molar-refractivity contribution in [3.8, 4) is 5.75 Å². The van der Waals surface area contributed by atoms with Crippen molar-refractivity contribution in [1.82, 2.24) is 16.2 Å². The van der Waals surface area contributed by atoms with Crippen LogP contribution in [0, 0.1) is 5.82 Å². The molecule has 0 bridgehead atoms. The first kappa shape index (κ1) is 16.4. The minimum atomic E-state index is -0.563. The van der Waals surface area contributed by atoms with Gasteiger partial charge in [0.1, 0.15) is 11.6 Å². The maximum absolute atomic E-state index is 12.6. The van der Waals surface area contributed by atoms with Gasteiger partial charge in [0.05, 0.1) is 0 Å². The minimum absolute atomic E-state index is 0.0404. The second-order valence-corrected chi connectivity index (χ2v) is 4.07. The molecule has 0 aliphatic rings. The lowest BCUT2D eigenvalue weighted by molar-refractivity contribution is -0.130. The van der Waals surface area contributed by atoms with Crippen LogP contribution in [-0.2, 0) is 14.4 Å². The molecule has 3 N–H and O–H groups in total. The molecule has 114 valence electrons. The molecule has 0 aliphatic heterocycles. The summed E-state index contributed by atoms with van der Waals surface area (Å²) in [6.45, 7) is 1.20. The quantitative estimate of drug-likeness (QED) is 0.638. The van der Waals surface area contributed by atoms with Crippen molar-refractivity contribution in [2.45, 2.75) is 13.3 Å². The molecule has 1 aromatic carbocycles. The Labute approximate surface area is 120 Å². The Morgan fingerprint density at radius 1 is 1.10 bits per heavy atom. The number of carbonyl (C=O) groups is 3. The third-order valence-electron chi connectivity index (χ3n) is 2.25. The van der Waals surface area contributed by atoms with E-state index in [4.69, 9.17) is 4.74 Å². The summed E-state index contributed by atoms with van der Waals surface area (Å²) in [5, 5.41) is 2.45. The predicted octanol–water partition coefficient (Wildman–Crippen LogP) is -0.122. The summed E-state index contributed by atoms with van der Waals surface area (Å²) in [7, 11) is 0. The second-order valence-electron chi connectivity index (χ2n) is 4.07. The Morgan fingerprint density at radius 3 is 2.33 bits per heavy atom. The Morgan fingerprint density at radius 2 is 1.71 bits per heavy atom. The van der Waals surface area contributed by atoms with E-state index in [1.807, 2.05) is 0 Å². The highest BCUT2D eigenvalue weighted by molar-refractivity contribution is 5.83. The first-order valence-electron chi connectivity index (χ1n) is 6.18. The molecule has 7 nitrogen and oxygen atoms in total. The number of nitrogens with one attached hydrogen (secondary N) is 3. The highest BCUT2D eigenvalue weighted by Crippen LogP contribution is 2.10. The van der Waals surface area contributed by atoms with Crippen molar-refractivity contribution in [1.29, 1.82) is 0 Å². The van der Waals surface area contributed by atoms with Gasteiger partial charge in [0.2, 0.25) is 11.8 Å². The van der Waals surface area contributed by atoms with Gasteiger partial charge in [-0.2, -0.15) is 0 Å². The molecule has 0 saturated carbocycles. The first-order valence-corrected chi connectivity index (χ1v) is 6.18. The Bertz CT molecular complexity index is 505. The van der Waals surface area contributed by atoms with Crippen molar-refractivity contribution >= 4 is 17.7 Å². The van der Waals surface area contributed by atoms with Crippen molar-refractivity contribution in [2.24, 2.45) is 0 Å². The third-order valence-corrected chi connectivity index (χ3v) is 2.25. The standard InChI is InChI=1S/C13H16FN3O4/c1-9(18)15-7-6-12(19)16-17-13(20)8-21-11-4-2-10(14)3-5-11/h2-5H,6-8H2,1H3,(H,15,18)(H,16,19)(H,17,20). The fourth-order valence-corrected chi connectivity index (χ4v) is 1.27. The second kappa shape index (κ2) is 8.51. The molecule has 8 heteroatoms. The summed E-state index contributed by atoms with van der Waals surface area (Å²) >= 11 is 0. The molecule has 0 radical (unpaired) electrons. The van der Waals surface area contributed by atoms with Crippen LogP contribution in [-0.4, -0.2) is 30.9 Å². The largest absolute Gasteiger partial charge is 0.484 e. The fourth-order valence-electron chi connectivity index (χ4n) is 1.27. The lowest BCUT2D eigenvalue weighted by atomic mass is 10.3. The van der Waals surface area contributed by atoms with Crippen LogP contribution in [0.5, 0.6) is 5.75 Å². The third kappa shape index (κ3) is 7.51. The molecule has 0 fully saturated rings. The van der Waals surface area contributed by atoms with Gasteiger partial charge in [-0.1, -0.05) is 0 Å². The Balaban J connectivity index is 2.17. The summed E-state index contributed by atoms with van der Waals surface area (Å²) in [6, 6.07) is 5.18. The number of carbonyl (C=O) groups excluding carboxylic acids is 3.